The van der Waals surface area contributed by atoms with E-state index in [9.17, 15) is 14.4 Å². The van der Waals surface area contributed by atoms with Crippen molar-refractivity contribution in [2.45, 2.75) is 18.9 Å². The standard InChI is InChI=1S/C17H18N4O4/c1-17(13-5-3-12(11-18)4-6-13)14(22)21(15(23)19-17)8-2-7-20-9-10-25-16(20)24/h3-6H,2,7-10H2,1H3,(H,19,23)/t17-/m0/s1. The fourth-order valence-corrected chi connectivity index (χ4v) is 3.02. The Kier molecular flexibility index (Phi) is 4.31. The predicted molar refractivity (Wildman–Crippen MR) is 86.3 cm³/mol. The Morgan fingerprint density at radius 1 is 1.24 bits per heavy atom. The van der Waals surface area contributed by atoms with E-state index in [4.69, 9.17) is 10.00 Å². The van der Waals surface area contributed by atoms with Gasteiger partial charge in [-0.15, -0.1) is 0 Å². The molecule has 8 heteroatoms. The molecule has 2 saturated heterocycles. The van der Waals surface area contributed by atoms with Gasteiger partial charge in [-0.2, -0.15) is 5.26 Å². The van der Waals surface area contributed by atoms with Gasteiger partial charge in [-0.25, -0.2) is 9.59 Å². The lowest BCUT2D eigenvalue weighted by atomic mass is 9.91. The van der Waals surface area contributed by atoms with Crippen LogP contribution in [0.15, 0.2) is 24.3 Å². The van der Waals surface area contributed by atoms with Gasteiger partial charge in [-0.3, -0.25) is 9.69 Å². The number of urea groups is 1. The monoisotopic (exact) mass is 342 g/mol. The van der Waals surface area contributed by atoms with E-state index in [1.807, 2.05) is 6.07 Å². The van der Waals surface area contributed by atoms with Crippen molar-refractivity contribution < 1.29 is 19.1 Å². The number of nitrogens with one attached hydrogen (secondary N) is 1. The number of cyclic esters (lactones) is 1. The molecule has 1 aromatic carbocycles. The Morgan fingerprint density at radius 3 is 2.56 bits per heavy atom. The van der Waals surface area contributed by atoms with E-state index < -0.39 is 11.6 Å². The third kappa shape index (κ3) is 3.01. The first kappa shape index (κ1) is 16.8. The Balaban J connectivity index is 1.66. The van der Waals surface area contributed by atoms with E-state index in [-0.39, 0.29) is 18.5 Å². The summed E-state index contributed by atoms with van der Waals surface area (Å²) in [5, 5.41) is 11.6. The number of rotatable bonds is 5. The molecule has 2 fully saturated rings. The van der Waals surface area contributed by atoms with Crippen LogP contribution in [0.2, 0.25) is 0 Å². The van der Waals surface area contributed by atoms with Crippen LogP contribution in [-0.2, 0) is 15.1 Å². The molecule has 0 bridgehead atoms. The molecule has 0 aliphatic carbocycles. The van der Waals surface area contributed by atoms with Crippen molar-refractivity contribution in [3.63, 3.8) is 0 Å². The SMILES string of the molecule is C[C@@]1(c2ccc(C#N)cc2)NC(=O)N(CCCN2CCOC2=O)C1=O. The van der Waals surface area contributed by atoms with E-state index >= 15 is 0 Å². The van der Waals surface area contributed by atoms with E-state index in [2.05, 4.69) is 5.32 Å². The zero-order valence-corrected chi connectivity index (χ0v) is 13.8. The highest BCUT2D eigenvalue weighted by Gasteiger charge is 2.48. The van der Waals surface area contributed by atoms with Crippen LogP contribution in [-0.4, -0.2) is 54.1 Å². The Hall–Kier alpha value is -3.08. The average Bonchev–Trinajstić information content (AvgIpc) is 3.11. The van der Waals surface area contributed by atoms with Gasteiger partial charge in [0.15, 0.2) is 0 Å². The number of carbonyl (C=O) groups excluding carboxylic acids is 3. The molecule has 2 aliphatic rings. The molecule has 2 heterocycles. The van der Waals surface area contributed by atoms with Crippen molar-refractivity contribution in [3.05, 3.63) is 35.4 Å². The topological polar surface area (TPSA) is 103 Å². The average molecular weight is 342 g/mol. The van der Waals surface area contributed by atoms with E-state index in [1.54, 1.807) is 36.1 Å². The van der Waals surface area contributed by atoms with Gasteiger partial charge in [0.25, 0.3) is 5.91 Å². The molecule has 1 aromatic rings. The summed E-state index contributed by atoms with van der Waals surface area (Å²) in [5.41, 5.74) is -0.0496. The van der Waals surface area contributed by atoms with E-state index in [0.29, 0.717) is 37.2 Å². The van der Waals surface area contributed by atoms with Crippen molar-refractivity contribution in [1.82, 2.24) is 15.1 Å². The van der Waals surface area contributed by atoms with Crippen LogP contribution in [0.5, 0.6) is 0 Å². The predicted octanol–water partition coefficient (Wildman–Crippen LogP) is 1.17. The van der Waals surface area contributed by atoms with Crippen LogP contribution in [0.4, 0.5) is 9.59 Å². The van der Waals surface area contributed by atoms with Gasteiger partial charge in [-0.05, 0) is 31.0 Å². The second-order valence-electron chi connectivity index (χ2n) is 6.16. The molecule has 3 rings (SSSR count). The molecular weight excluding hydrogens is 324 g/mol. The second kappa shape index (κ2) is 6.43. The lowest BCUT2D eigenvalue weighted by Crippen LogP contribution is -2.41. The first-order chi connectivity index (χ1) is 12.0. The summed E-state index contributed by atoms with van der Waals surface area (Å²) in [7, 11) is 0. The van der Waals surface area contributed by atoms with Crippen LogP contribution < -0.4 is 5.32 Å². The quantitative estimate of drug-likeness (QED) is 0.809. The molecule has 0 radical (unpaired) electrons. The molecule has 0 unspecified atom stereocenters. The Morgan fingerprint density at radius 2 is 1.96 bits per heavy atom. The highest BCUT2D eigenvalue weighted by molar-refractivity contribution is 6.07. The molecule has 0 aromatic heterocycles. The van der Waals surface area contributed by atoms with Crippen LogP contribution in [0, 0.1) is 11.3 Å². The van der Waals surface area contributed by atoms with Crippen LogP contribution >= 0.6 is 0 Å². The fourth-order valence-electron chi connectivity index (χ4n) is 3.02. The molecule has 8 nitrogen and oxygen atoms in total. The minimum Gasteiger partial charge on any atom is -0.448 e. The maximum absolute atomic E-state index is 12.8. The molecule has 1 atom stereocenters. The first-order valence-electron chi connectivity index (χ1n) is 8.02. The summed E-state index contributed by atoms with van der Waals surface area (Å²) in [5.74, 6) is -0.341. The summed E-state index contributed by atoms with van der Waals surface area (Å²) in [4.78, 5) is 39.1. The van der Waals surface area contributed by atoms with Crippen molar-refractivity contribution in [3.8, 4) is 6.07 Å². The van der Waals surface area contributed by atoms with Gasteiger partial charge in [0.2, 0.25) is 0 Å². The minimum atomic E-state index is -1.16. The number of benzene rings is 1. The van der Waals surface area contributed by atoms with Crippen LogP contribution in [0.25, 0.3) is 0 Å². The molecule has 2 aliphatic heterocycles. The number of ether oxygens (including phenoxy) is 1. The van der Waals surface area contributed by atoms with Gasteiger partial charge in [0, 0.05) is 13.1 Å². The zero-order valence-electron chi connectivity index (χ0n) is 13.8. The van der Waals surface area contributed by atoms with Crippen molar-refractivity contribution >= 4 is 18.0 Å². The highest BCUT2D eigenvalue weighted by atomic mass is 16.6. The third-order valence-corrected chi connectivity index (χ3v) is 4.52. The Bertz CT molecular complexity index is 755. The van der Waals surface area contributed by atoms with Crippen molar-refractivity contribution in [2.75, 3.05) is 26.2 Å². The normalized spacial score (nSPS) is 22.8. The molecule has 130 valence electrons. The van der Waals surface area contributed by atoms with E-state index in [0.717, 1.165) is 0 Å². The van der Waals surface area contributed by atoms with Crippen LogP contribution in [0.3, 0.4) is 0 Å². The number of hydrogen-bond donors (Lipinski definition) is 1. The van der Waals surface area contributed by atoms with Gasteiger partial charge >= 0.3 is 12.1 Å². The smallest absolute Gasteiger partial charge is 0.409 e. The highest BCUT2D eigenvalue weighted by Crippen LogP contribution is 2.29. The first-order valence-corrected chi connectivity index (χ1v) is 8.02. The number of hydrogen-bond acceptors (Lipinski definition) is 5. The summed E-state index contributed by atoms with van der Waals surface area (Å²) in [6.45, 7) is 3.21. The summed E-state index contributed by atoms with van der Waals surface area (Å²) < 4.78 is 4.84. The van der Waals surface area contributed by atoms with Gasteiger partial charge in [0.05, 0.1) is 18.2 Å². The van der Waals surface area contributed by atoms with Crippen molar-refractivity contribution in [1.29, 1.82) is 5.26 Å². The summed E-state index contributed by atoms with van der Waals surface area (Å²) in [6, 6.07) is 8.12. The number of carbonyl (C=O) groups is 3. The maximum Gasteiger partial charge on any atom is 0.409 e. The van der Waals surface area contributed by atoms with Crippen LogP contribution in [0.1, 0.15) is 24.5 Å². The van der Waals surface area contributed by atoms with Crippen molar-refractivity contribution in [2.24, 2.45) is 0 Å². The van der Waals surface area contributed by atoms with Gasteiger partial charge in [0.1, 0.15) is 12.1 Å². The largest absolute Gasteiger partial charge is 0.448 e. The third-order valence-electron chi connectivity index (χ3n) is 4.52. The minimum absolute atomic E-state index is 0.223. The summed E-state index contributed by atoms with van der Waals surface area (Å²) in [6.07, 6.45) is 0.122. The molecule has 1 N–H and O–H groups in total. The van der Waals surface area contributed by atoms with Gasteiger partial charge in [-0.1, -0.05) is 12.1 Å². The maximum atomic E-state index is 12.8. The summed E-state index contributed by atoms with van der Waals surface area (Å²) >= 11 is 0. The number of imide groups is 1. The number of nitrogens with zero attached hydrogens (tertiary/aromatic N) is 3. The lowest BCUT2D eigenvalue weighted by molar-refractivity contribution is -0.131. The number of nitriles is 1. The molecule has 0 spiro atoms. The molecular formula is C17H18N4O4. The van der Waals surface area contributed by atoms with E-state index in [1.165, 1.54) is 4.90 Å². The molecule has 4 amide bonds. The molecule has 0 saturated carbocycles. The Labute approximate surface area is 144 Å². The second-order valence-corrected chi connectivity index (χ2v) is 6.16. The van der Waals surface area contributed by atoms with Gasteiger partial charge < -0.3 is 15.0 Å². The zero-order chi connectivity index (χ0) is 18.0. The fraction of sp³-hybridized carbons (Fsp3) is 0.412. The number of amides is 4. The lowest BCUT2D eigenvalue weighted by Gasteiger charge is -2.22. The molecule has 25 heavy (non-hydrogen) atoms.